The lowest BCUT2D eigenvalue weighted by Crippen LogP contribution is -2.51. The van der Waals surface area contributed by atoms with Gasteiger partial charge in [-0.3, -0.25) is 4.79 Å². The van der Waals surface area contributed by atoms with Crippen LogP contribution in [0.25, 0.3) is 0 Å². The number of nitrogen functional groups attached to an aromatic ring is 1. The van der Waals surface area contributed by atoms with Crippen LogP contribution >= 0.6 is 0 Å². The van der Waals surface area contributed by atoms with Crippen LogP contribution in [0.5, 0.6) is 0 Å². The van der Waals surface area contributed by atoms with E-state index in [1.807, 2.05) is 12.1 Å². The number of carbonyl (C=O) groups excluding carboxylic acids is 1. The molecule has 4 nitrogen and oxygen atoms in total. The molecule has 1 aromatic rings. The summed E-state index contributed by atoms with van der Waals surface area (Å²) in [6.07, 6.45) is 3.21. The number of rotatable bonds is 2. The molecule has 0 bridgehead atoms. The van der Waals surface area contributed by atoms with E-state index in [4.69, 9.17) is 5.73 Å². The highest BCUT2D eigenvalue weighted by Gasteiger charge is 2.28. The van der Waals surface area contributed by atoms with Gasteiger partial charge in [0, 0.05) is 18.8 Å². The van der Waals surface area contributed by atoms with E-state index >= 15 is 0 Å². The number of anilines is 1. The second-order valence-electron chi connectivity index (χ2n) is 5.27. The van der Waals surface area contributed by atoms with Crippen molar-refractivity contribution in [3.63, 3.8) is 0 Å². The highest BCUT2D eigenvalue weighted by Crippen LogP contribution is 2.31. The van der Waals surface area contributed by atoms with Crippen LogP contribution in [0.1, 0.15) is 30.0 Å². The molecule has 4 heteroatoms. The van der Waals surface area contributed by atoms with Crippen molar-refractivity contribution < 1.29 is 4.79 Å². The minimum atomic E-state index is 0.157. The zero-order chi connectivity index (χ0) is 12.5. The van der Waals surface area contributed by atoms with Gasteiger partial charge in [-0.15, -0.1) is 0 Å². The third kappa shape index (κ3) is 2.08. The van der Waals surface area contributed by atoms with Crippen molar-refractivity contribution in [2.75, 3.05) is 18.8 Å². The van der Waals surface area contributed by atoms with E-state index in [-0.39, 0.29) is 17.9 Å². The van der Waals surface area contributed by atoms with Crippen molar-refractivity contribution in [1.82, 2.24) is 10.6 Å². The average molecular weight is 245 g/mol. The van der Waals surface area contributed by atoms with Crippen LogP contribution in [0.4, 0.5) is 5.69 Å². The molecule has 1 saturated heterocycles. The van der Waals surface area contributed by atoms with E-state index in [9.17, 15) is 4.79 Å². The molecule has 1 atom stereocenters. The van der Waals surface area contributed by atoms with Crippen LogP contribution < -0.4 is 16.4 Å². The summed E-state index contributed by atoms with van der Waals surface area (Å²) in [4.78, 5) is 12.0. The maximum Gasteiger partial charge on any atom is 0.226 e. The van der Waals surface area contributed by atoms with Gasteiger partial charge in [-0.05, 0) is 42.5 Å². The van der Waals surface area contributed by atoms with E-state index in [0.717, 1.165) is 38.0 Å². The summed E-state index contributed by atoms with van der Waals surface area (Å²) in [7, 11) is 0. The van der Waals surface area contributed by atoms with Crippen LogP contribution in [-0.2, 0) is 11.2 Å². The molecule has 0 radical (unpaired) electrons. The monoisotopic (exact) mass is 245 g/mol. The second-order valence-corrected chi connectivity index (χ2v) is 5.27. The fraction of sp³-hybridized carbons (Fsp3) is 0.500. The summed E-state index contributed by atoms with van der Waals surface area (Å²) in [5.41, 5.74) is 9.16. The standard InChI is InChI=1S/C14H19N3O/c15-11-4-5-12-9(6-11)2-1-3-13(12)17-14(18)10-7-16-8-10/h4-6,10,13,16H,1-3,7-8,15H2,(H,17,18). The van der Waals surface area contributed by atoms with E-state index < -0.39 is 0 Å². The molecular formula is C14H19N3O. The summed E-state index contributed by atoms with van der Waals surface area (Å²) >= 11 is 0. The summed E-state index contributed by atoms with van der Waals surface area (Å²) in [6, 6.07) is 6.20. The Balaban J connectivity index is 1.76. The normalized spacial score (nSPS) is 23.0. The van der Waals surface area contributed by atoms with Crippen molar-refractivity contribution in [2.24, 2.45) is 5.92 Å². The second kappa shape index (κ2) is 4.61. The van der Waals surface area contributed by atoms with E-state index in [1.165, 1.54) is 11.1 Å². The molecule has 1 unspecified atom stereocenters. The molecular weight excluding hydrogens is 226 g/mol. The summed E-state index contributed by atoms with van der Waals surface area (Å²) in [5, 5.41) is 6.31. The van der Waals surface area contributed by atoms with Gasteiger partial charge < -0.3 is 16.4 Å². The molecule has 0 aromatic heterocycles. The minimum absolute atomic E-state index is 0.157. The Kier molecular flexibility index (Phi) is 2.96. The Bertz CT molecular complexity index is 468. The maximum atomic E-state index is 12.0. The smallest absolute Gasteiger partial charge is 0.226 e. The van der Waals surface area contributed by atoms with Gasteiger partial charge >= 0.3 is 0 Å². The number of carbonyl (C=O) groups is 1. The number of fused-ring (bicyclic) bond motifs is 1. The van der Waals surface area contributed by atoms with E-state index in [1.54, 1.807) is 0 Å². The summed E-state index contributed by atoms with van der Waals surface area (Å²) < 4.78 is 0. The topological polar surface area (TPSA) is 67.1 Å². The Morgan fingerprint density at radius 1 is 1.39 bits per heavy atom. The van der Waals surface area contributed by atoms with E-state index in [0.29, 0.717) is 0 Å². The highest BCUT2D eigenvalue weighted by molar-refractivity contribution is 5.80. The molecule has 0 spiro atoms. The zero-order valence-electron chi connectivity index (χ0n) is 10.4. The predicted octanol–water partition coefficient (Wildman–Crippen LogP) is 0.982. The first-order chi connectivity index (χ1) is 8.74. The first-order valence-corrected chi connectivity index (χ1v) is 6.63. The van der Waals surface area contributed by atoms with Crippen molar-refractivity contribution in [3.05, 3.63) is 29.3 Å². The lowest BCUT2D eigenvalue weighted by Gasteiger charge is -2.31. The lowest BCUT2D eigenvalue weighted by molar-refractivity contribution is -0.127. The molecule has 1 heterocycles. The van der Waals surface area contributed by atoms with Gasteiger partial charge in [-0.2, -0.15) is 0 Å². The van der Waals surface area contributed by atoms with Gasteiger partial charge in [0.15, 0.2) is 0 Å². The quantitative estimate of drug-likeness (QED) is 0.680. The Hall–Kier alpha value is -1.55. The number of hydrogen-bond donors (Lipinski definition) is 3. The van der Waals surface area contributed by atoms with Crippen LogP contribution in [-0.4, -0.2) is 19.0 Å². The van der Waals surface area contributed by atoms with Crippen LogP contribution in [0, 0.1) is 5.92 Å². The first kappa shape index (κ1) is 11.5. The molecule has 1 fully saturated rings. The van der Waals surface area contributed by atoms with Gasteiger partial charge in [0.25, 0.3) is 0 Å². The zero-order valence-corrected chi connectivity index (χ0v) is 10.4. The van der Waals surface area contributed by atoms with Crippen LogP contribution in [0.3, 0.4) is 0 Å². The Morgan fingerprint density at radius 2 is 2.22 bits per heavy atom. The number of nitrogens with one attached hydrogen (secondary N) is 2. The molecule has 0 saturated carbocycles. The van der Waals surface area contributed by atoms with Gasteiger partial charge in [-0.25, -0.2) is 0 Å². The van der Waals surface area contributed by atoms with E-state index in [2.05, 4.69) is 16.7 Å². The first-order valence-electron chi connectivity index (χ1n) is 6.63. The lowest BCUT2D eigenvalue weighted by atomic mass is 9.87. The average Bonchev–Trinajstić information content (AvgIpc) is 2.26. The van der Waals surface area contributed by atoms with Crippen molar-refractivity contribution in [3.8, 4) is 0 Å². The fourth-order valence-corrected chi connectivity index (χ4v) is 2.75. The number of benzene rings is 1. The molecule has 1 aliphatic carbocycles. The van der Waals surface area contributed by atoms with Crippen LogP contribution in [0.15, 0.2) is 18.2 Å². The van der Waals surface area contributed by atoms with Gasteiger partial charge in [0.2, 0.25) is 5.91 Å². The number of amides is 1. The summed E-state index contributed by atoms with van der Waals surface area (Å²) in [5.74, 6) is 0.340. The molecule has 18 heavy (non-hydrogen) atoms. The third-order valence-electron chi connectivity index (χ3n) is 3.95. The predicted molar refractivity (Wildman–Crippen MR) is 71.0 cm³/mol. The SMILES string of the molecule is Nc1ccc2c(c1)CCCC2NC(=O)C1CNC1. The number of aryl methyl sites for hydroxylation is 1. The summed E-state index contributed by atoms with van der Waals surface area (Å²) in [6.45, 7) is 1.63. The molecule has 4 N–H and O–H groups in total. The third-order valence-corrected chi connectivity index (χ3v) is 3.95. The minimum Gasteiger partial charge on any atom is -0.399 e. The van der Waals surface area contributed by atoms with Gasteiger partial charge in [0.1, 0.15) is 0 Å². The highest BCUT2D eigenvalue weighted by atomic mass is 16.2. The fourth-order valence-electron chi connectivity index (χ4n) is 2.75. The molecule has 1 aliphatic heterocycles. The van der Waals surface area contributed by atoms with Crippen molar-refractivity contribution in [2.45, 2.75) is 25.3 Å². The molecule has 1 aromatic carbocycles. The number of nitrogens with two attached hydrogens (primary N) is 1. The molecule has 2 aliphatic rings. The molecule has 96 valence electrons. The largest absolute Gasteiger partial charge is 0.399 e. The van der Waals surface area contributed by atoms with Crippen molar-refractivity contribution in [1.29, 1.82) is 0 Å². The van der Waals surface area contributed by atoms with Gasteiger partial charge in [0.05, 0.1) is 12.0 Å². The van der Waals surface area contributed by atoms with Crippen molar-refractivity contribution >= 4 is 11.6 Å². The Labute approximate surface area is 107 Å². The molecule has 3 rings (SSSR count). The Morgan fingerprint density at radius 3 is 2.94 bits per heavy atom. The van der Waals surface area contributed by atoms with Gasteiger partial charge in [-0.1, -0.05) is 6.07 Å². The maximum absolute atomic E-state index is 12.0. The van der Waals surface area contributed by atoms with Crippen LogP contribution in [0.2, 0.25) is 0 Å². The number of hydrogen-bond acceptors (Lipinski definition) is 3. The molecule has 1 amide bonds.